The maximum Gasteiger partial charge on any atom is 0.269 e. The van der Waals surface area contributed by atoms with Gasteiger partial charge < -0.3 is 0 Å². The largest absolute Gasteiger partial charge is 0.269 e. The minimum atomic E-state index is -0.443. The van der Waals surface area contributed by atoms with Crippen molar-refractivity contribution in [1.82, 2.24) is 0 Å². The molecule has 0 saturated heterocycles. The minimum absolute atomic E-state index is 0.0646. The van der Waals surface area contributed by atoms with Crippen LogP contribution in [0, 0.1) is 10.1 Å². The molecule has 0 fully saturated rings. The van der Waals surface area contributed by atoms with Gasteiger partial charge in [0, 0.05) is 23.6 Å². The summed E-state index contributed by atoms with van der Waals surface area (Å²) >= 11 is 0. The van der Waals surface area contributed by atoms with E-state index in [4.69, 9.17) is 5.53 Å². The molecule has 0 N–H and O–H groups in total. The van der Waals surface area contributed by atoms with Crippen LogP contribution in [0.15, 0.2) is 29.4 Å². The second-order valence-electron chi connectivity index (χ2n) is 3.16. The molecule has 0 spiro atoms. The summed E-state index contributed by atoms with van der Waals surface area (Å²) in [6.07, 6.45) is 0. The van der Waals surface area contributed by atoms with E-state index in [1.807, 2.05) is 6.92 Å². The third-order valence-corrected chi connectivity index (χ3v) is 2.09. The molecule has 0 amide bonds. The number of benzene rings is 1. The molecule has 1 aromatic carbocycles. The Morgan fingerprint density at radius 3 is 2.60 bits per heavy atom. The van der Waals surface area contributed by atoms with Gasteiger partial charge in [-0.1, -0.05) is 24.2 Å². The number of nitro benzene ring substituents is 1. The van der Waals surface area contributed by atoms with E-state index >= 15 is 0 Å². The zero-order chi connectivity index (χ0) is 11.3. The van der Waals surface area contributed by atoms with Gasteiger partial charge in [0.1, 0.15) is 0 Å². The van der Waals surface area contributed by atoms with Crippen LogP contribution in [0.3, 0.4) is 0 Å². The molecule has 1 atom stereocenters. The first-order chi connectivity index (χ1) is 7.15. The van der Waals surface area contributed by atoms with E-state index in [2.05, 4.69) is 10.0 Å². The molecule has 0 aliphatic carbocycles. The van der Waals surface area contributed by atoms with E-state index in [1.54, 1.807) is 12.1 Å². The number of nitro groups is 1. The van der Waals surface area contributed by atoms with Gasteiger partial charge in [-0.05, 0) is 17.0 Å². The highest BCUT2D eigenvalue weighted by atomic mass is 16.6. The lowest BCUT2D eigenvalue weighted by atomic mass is 10.0. The Morgan fingerprint density at radius 2 is 2.13 bits per heavy atom. The number of non-ortho nitro benzene ring substituents is 1. The predicted molar refractivity (Wildman–Crippen MR) is 55.5 cm³/mol. The third kappa shape index (κ3) is 2.96. The molecule has 1 unspecified atom stereocenters. The Bertz CT molecular complexity index is 395. The van der Waals surface area contributed by atoms with Crippen LogP contribution in [0.5, 0.6) is 0 Å². The van der Waals surface area contributed by atoms with Gasteiger partial charge >= 0.3 is 0 Å². The van der Waals surface area contributed by atoms with Crippen molar-refractivity contribution >= 4 is 5.69 Å². The fourth-order valence-corrected chi connectivity index (χ4v) is 1.19. The Kier molecular flexibility index (Phi) is 3.65. The topological polar surface area (TPSA) is 91.9 Å². The number of hydrogen-bond donors (Lipinski definition) is 0. The summed E-state index contributed by atoms with van der Waals surface area (Å²) in [5.74, 6) is 0.0710. The van der Waals surface area contributed by atoms with E-state index in [0.717, 1.165) is 5.56 Å². The predicted octanol–water partition coefficient (Wildman–Crippen LogP) is 3.01. The van der Waals surface area contributed by atoms with Crippen molar-refractivity contribution in [3.8, 4) is 0 Å². The molecule has 0 aliphatic heterocycles. The van der Waals surface area contributed by atoms with Crippen molar-refractivity contribution in [1.29, 1.82) is 0 Å². The number of rotatable bonds is 4. The SMILES string of the molecule is CC(CN=[N+]=[N-])c1ccc([N+](=O)[O-])cc1. The summed E-state index contributed by atoms with van der Waals surface area (Å²) in [4.78, 5) is 12.6. The van der Waals surface area contributed by atoms with Crippen LogP contribution in [0.2, 0.25) is 0 Å². The van der Waals surface area contributed by atoms with Crippen LogP contribution in [0.25, 0.3) is 10.4 Å². The first kappa shape index (κ1) is 11.0. The average molecular weight is 206 g/mol. The number of nitrogens with zero attached hydrogens (tertiary/aromatic N) is 4. The van der Waals surface area contributed by atoms with Crippen molar-refractivity contribution in [3.05, 3.63) is 50.4 Å². The van der Waals surface area contributed by atoms with Crippen molar-refractivity contribution in [3.63, 3.8) is 0 Å². The van der Waals surface area contributed by atoms with Crippen molar-refractivity contribution in [2.75, 3.05) is 6.54 Å². The van der Waals surface area contributed by atoms with Crippen molar-refractivity contribution < 1.29 is 4.92 Å². The second-order valence-corrected chi connectivity index (χ2v) is 3.16. The summed E-state index contributed by atoms with van der Waals surface area (Å²) in [6, 6.07) is 6.25. The van der Waals surface area contributed by atoms with Gasteiger partial charge in [-0.2, -0.15) is 0 Å². The first-order valence-electron chi connectivity index (χ1n) is 4.40. The van der Waals surface area contributed by atoms with Gasteiger partial charge in [0.05, 0.1) is 4.92 Å². The van der Waals surface area contributed by atoms with Gasteiger partial charge in [-0.3, -0.25) is 10.1 Å². The van der Waals surface area contributed by atoms with Gasteiger partial charge in [-0.25, -0.2) is 0 Å². The quantitative estimate of drug-likeness (QED) is 0.249. The number of azide groups is 1. The van der Waals surface area contributed by atoms with E-state index in [0.29, 0.717) is 6.54 Å². The van der Waals surface area contributed by atoms with E-state index in [1.165, 1.54) is 12.1 Å². The smallest absolute Gasteiger partial charge is 0.258 e. The lowest BCUT2D eigenvalue weighted by Gasteiger charge is -2.07. The maximum atomic E-state index is 10.4. The van der Waals surface area contributed by atoms with Gasteiger partial charge in [0.25, 0.3) is 5.69 Å². The van der Waals surface area contributed by atoms with E-state index < -0.39 is 4.92 Å². The molecule has 6 heteroatoms. The maximum absolute atomic E-state index is 10.4. The molecule has 15 heavy (non-hydrogen) atoms. The molecule has 0 heterocycles. The Balaban J connectivity index is 2.79. The van der Waals surface area contributed by atoms with Crippen LogP contribution < -0.4 is 0 Å². The van der Waals surface area contributed by atoms with Crippen molar-refractivity contribution in [2.45, 2.75) is 12.8 Å². The summed E-state index contributed by atoms with van der Waals surface area (Å²) in [5.41, 5.74) is 9.14. The molecule has 6 nitrogen and oxygen atoms in total. The lowest BCUT2D eigenvalue weighted by molar-refractivity contribution is -0.384. The van der Waals surface area contributed by atoms with Gasteiger partial charge in [0.2, 0.25) is 0 Å². The van der Waals surface area contributed by atoms with Crippen LogP contribution in [0.1, 0.15) is 18.4 Å². The van der Waals surface area contributed by atoms with Crippen molar-refractivity contribution in [2.24, 2.45) is 5.11 Å². The molecule has 78 valence electrons. The molecule has 1 rings (SSSR count). The fraction of sp³-hybridized carbons (Fsp3) is 0.333. The molecule has 0 saturated carbocycles. The van der Waals surface area contributed by atoms with E-state index in [9.17, 15) is 10.1 Å². The van der Waals surface area contributed by atoms with Gasteiger partial charge in [0.15, 0.2) is 0 Å². The monoisotopic (exact) mass is 206 g/mol. The minimum Gasteiger partial charge on any atom is -0.258 e. The average Bonchev–Trinajstić information content (AvgIpc) is 2.26. The summed E-state index contributed by atoms with van der Waals surface area (Å²) in [6.45, 7) is 2.25. The Morgan fingerprint density at radius 1 is 1.53 bits per heavy atom. The highest BCUT2D eigenvalue weighted by Crippen LogP contribution is 2.19. The third-order valence-electron chi connectivity index (χ3n) is 2.09. The second kappa shape index (κ2) is 4.97. The molecule has 0 bridgehead atoms. The van der Waals surface area contributed by atoms with Crippen LogP contribution in [-0.4, -0.2) is 11.5 Å². The highest BCUT2D eigenvalue weighted by Gasteiger charge is 2.07. The zero-order valence-electron chi connectivity index (χ0n) is 8.20. The molecule has 0 radical (unpaired) electrons. The van der Waals surface area contributed by atoms with Gasteiger partial charge in [-0.15, -0.1) is 0 Å². The fourth-order valence-electron chi connectivity index (χ4n) is 1.19. The highest BCUT2D eigenvalue weighted by molar-refractivity contribution is 5.34. The molecule has 0 aliphatic rings. The van der Waals surface area contributed by atoms with E-state index in [-0.39, 0.29) is 11.6 Å². The molecular formula is C9H10N4O2. The molecular weight excluding hydrogens is 196 g/mol. The number of hydrogen-bond acceptors (Lipinski definition) is 3. The molecule has 0 aromatic heterocycles. The summed E-state index contributed by atoms with van der Waals surface area (Å²) in [7, 11) is 0. The molecule has 1 aromatic rings. The van der Waals surface area contributed by atoms with Crippen LogP contribution >= 0.6 is 0 Å². The van der Waals surface area contributed by atoms with Crippen LogP contribution in [-0.2, 0) is 0 Å². The summed E-state index contributed by atoms with van der Waals surface area (Å²) in [5, 5.41) is 13.8. The van der Waals surface area contributed by atoms with Crippen LogP contribution in [0.4, 0.5) is 5.69 Å². The standard InChI is InChI=1S/C9H10N4O2/c1-7(6-11-12-10)8-2-4-9(5-3-8)13(14)15/h2-5,7H,6H2,1H3. The Labute approximate surface area is 86.3 Å². The summed E-state index contributed by atoms with van der Waals surface area (Å²) < 4.78 is 0. The Hall–Kier alpha value is -2.07. The normalized spacial score (nSPS) is 11.5. The zero-order valence-corrected chi connectivity index (χ0v) is 8.20. The first-order valence-corrected chi connectivity index (χ1v) is 4.40. The lowest BCUT2D eigenvalue weighted by Crippen LogP contribution is -1.97.